The van der Waals surface area contributed by atoms with Gasteiger partial charge in [0.05, 0.1) is 0 Å². The summed E-state index contributed by atoms with van der Waals surface area (Å²) in [5.74, 6) is 1.67. The van der Waals surface area contributed by atoms with Crippen molar-refractivity contribution in [2.45, 2.75) is 33.7 Å². The molecule has 1 heterocycles. The molecule has 1 aromatic heterocycles. The van der Waals surface area contributed by atoms with Crippen molar-refractivity contribution in [2.75, 3.05) is 10.7 Å². The first-order valence-corrected chi connectivity index (χ1v) is 7.82. The summed E-state index contributed by atoms with van der Waals surface area (Å²) in [6, 6.07) is 0. The molecule has 16 heavy (non-hydrogen) atoms. The summed E-state index contributed by atoms with van der Waals surface area (Å²) in [5.41, 5.74) is 0.208. The summed E-state index contributed by atoms with van der Waals surface area (Å²) < 4.78 is 1.97. The first kappa shape index (κ1) is 14.2. The molecule has 0 aromatic carbocycles. The number of aryl methyl sites for hydroxylation is 1. The van der Waals surface area contributed by atoms with Gasteiger partial charge in [0, 0.05) is 23.6 Å². The van der Waals surface area contributed by atoms with E-state index in [0.29, 0.717) is 5.92 Å². The van der Waals surface area contributed by atoms with Gasteiger partial charge in [-0.3, -0.25) is 4.68 Å². The third-order valence-electron chi connectivity index (χ3n) is 3.26. The molecule has 0 spiro atoms. The molecule has 0 aliphatic rings. The molecule has 0 aliphatic carbocycles. The predicted octanol–water partition coefficient (Wildman–Crippen LogP) is 3.27. The van der Waals surface area contributed by atoms with Gasteiger partial charge in [-0.05, 0) is 18.3 Å². The van der Waals surface area contributed by atoms with E-state index in [2.05, 4.69) is 62.7 Å². The molecule has 0 fully saturated rings. The zero-order chi connectivity index (χ0) is 12.2. The van der Waals surface area contributed by atoms with Crippen molar-refractivity contribution in [1.29, 1.82) is 0 Å². The summed E-state index contributed by atoms with van der Waals surface area (Å²) in [6.07, 6.45) is 2.60. The number of halogens is 2. The molecule has 1 aromatic rings. The highest BCUT2D eigenvalue weighted by Gasteiger charge is 2.33. The van der Waals surface area contributed by atoms with Crippen LogP contribution in [-0.4, -0.2) is 25.4 Å². The second-order valence-corrected chi connectivity index (χ2v) is 5.57. The van der Waals surface area contributed by atoms with Crippen LogP contribution in [0.3, 0.4) is 0 Å². The van der Waals surface area contributed by atoms with Crippen molar-refractivity contribution in [3.63, 3.8) is 0 Å². The topological polar surface area (TPSA) is 30.7 Å². The highest BCUT2D eigenvalue weighted by atomic mass is 79.9. The lowest BCUT2D eigenvalue weighted by Crippen LogP contribution is -2.34. The average Bonchev–Trinajstić information content (AvgIpc) is 2.72. The Kier molecular flexibility index (Phi) is 5.44. The highest BCUT2D eigenvalue weighted by molar-refractivity contribution is 9.09. The fraction of sp³-hybridized carbons (Fsp3) is 0.818. The lowest BCUT2D eigenvalue weighted by molar-refractivity contribution is 0.258. The van der Waals surface area contributed by atoms with E-state index >= 15 is 0 Å². The van der Waals surface area contributed by atoms with E-state index in [1.807, 2.05) is 4.68 Å². The van der Waals surface area contributed by atoms with Crippen LogP contribution in [0.2, 0.25) is 0 Å². The molecule has 0 radical (unpaired) electrons. The molecule has 3 nitrogen and oxygen atoms in total. The zero-order valence-electron chi connectivity index (χ0n) is 10.1. The van der Waals surface area contributed by atoms with Crippen LogP contribution in [0.1, 0.15) is 26.6 Å². The van der Waals surface area contributed by atoms with Crippen LogP contribution in [0.4, 0.5) is 0 Å². The maximum absolute atomic E-state index is 4.36. The molecular formula is C11H19Br2N3. The molecule has 0 unspecified atom stereocenters. The monoisotopic (exact) mass is 351 g/mol. The Labute approximate surface area is 114 Å². The standard InChI is InChI=1S/C11H19Br2N3/c1-4-16-10(14-8-15-16)5-11(6-12,7-13)9(2)3/h8-9H,4-7H2,1-3H3. The lowest BCUT2D eigenvalue weighted by Gasteiger charge is -2.33. The summed E-state index contributed by atoms with van der Waals surface area (Å²) in [4.78, 5) is 4.36. The highest BCUT2D eigenvalue weighted by Crippen LogP contribution is 2.35. The van der Waals surface area contributed by atoms with E-state index in [1.54, 1.807) is 6.33 Å². The lowest BCUT2D eigenvalue weighted by atomic mass is 9.78. The van der Waals surface area contributed by atoms with Crippen LogP contribution in [0.15, 0.2) is 6.33 Å². The molecule has 0 bridgehead atoms. The Morgan fingerprint density at radius 1 is 1.38 bits per heavy atom. The number of rotatable bonds is 6. The molecule has 0 aliphatic heterocycles. The number of aromatic nitrogens is 3. The van der Waals surface area contributed by atoms with Gasteiger partial charge in [-0.1, -0.05) is 45.7 Å². The fourth-order valence-electron chi connectivity index (χ4n) is 1.65. The van der Waals surface area contributed by atoms with E-state index in [-0.39, 0.29) is 5.41 Å². The van der Waals surface area contributed by atoms with Gasteiger partial charge in [0.25, 0.3) is 0 Å². The van der Waals surface area contributed by atoms with Crippen LogP contribution in [0, 0.1) is 11.3 Å². The molecule has 0 amide bonds. The van der Waals surface area contributed by atoms with E-state index < -0.39 is 0 Å². The van der Waals surface area contributed by atoms with Gasteiger partial charge in [0.1, 0.15) is 12.2 Å². The Morgan fingerprint density at radius 2 is 2.00 bits per heavy atom. The number of hydrogen-bond donors (Lipinski definition) is 0. The molecule has 92 valence electrons. The number of nitrogens with zero attached hydrogens (tertiary/aromatic N) is 3. The summed E-state index contributed by atoms with van der Waals surface area (Å²) >= 11 is 7.28. The van der Waals surface area contributed by atoms with Gasteiger partial charge < -0.3 is 0 Å². The Bertz CT molecular complexity index is 319. The minimum absolute atomic E-state index is 0.208. The number of alkyl halides is 2. The third kappa shape index (κ3) is 2.86. The molecule has 0 N–H and O–H groups in total. The summed E-state index contributed by atoms with van der Waals surface area (Å²) in [7, 11) is 0. The minimum Gasteiger partial charge on any atom is -0.250 e. The van der Waals surface area contributed by atoms with Gasteiger partial charge in [-0.2, -0.15) is 5.10 Å². The second-order valence-electron chi connectivity index (χ2n) is 4.45. The Hall–Kier alpha value is 0.100. The van der Waals surface area contributed by atoms with Crippen molar-refractivity contribution in [1.82, 2.24) is 14.8 Å². The second kappa shape index (κ2) is 6.15. The van der Waals surface area contributed by atoms with Crippen molar-refractivity contribution in [3.8, 4) is 0 Å². The Morgan fingerprint density at radius 3 is 2.44 bits per heavy atom. The largest absolute Gasteiger partial charge is 0.250 e. The van der Waals surface area contributed by atoms with Gasteiger partial charge in [0.15, 0.2) is 0 Å². The molecular weight excluding hydrogens is 334 g/mol. The maximum Gasteiger partial charge on any atom is 0.138 e. The normalized spacial score (nSPS) is 12.4. The van der Waals surface area contributed by atoms with Crippen molar-refractivity contribution in [2.24, 2.45) is 11.3 Å². The van der Waals surface area contributed by atoms with Crippen LogP contribution in [-0.2, 0) is 13.0 Å². The molecule has 5 heteroatoms. The number of hydrogen-bond acceptors (Lipinski definition) is 2. The summed E-state index contributed by atoms with van der Waals surface area (Å²) in [5, 5.41) is 6.17. The van der Waals surface area contributed by atoms with Crippen LogP contribution >= 0.6 is 31.9 Å². The van der Waals surface area contributed by atoms with E-state index in [0.717, 1.165) is 29.5 Å². The molecule has 0 saturated carbocycles. The van der Waals surface area contributed by atoms with E-state index in [4.69, 9.17) is 0 Å². The van der Waals surface area contributed by atoms with E-state index in [1.165, 1.54) is 0 Å². The van der Waals surface area contributed by atoms with Crippen LogP contribution in [0.25, 0.3) is 0 Å². The minimum atomic E-state index is 0.208. The zero-order valence-corrected chi connectivity index (χ0v) is 13.3. The first-order valence-electron chi connectivity index (χ1n) is 5.58. The molecule has 1 rings (SSSR count). The third-order valence-corrected chi connectivity index (χ3v) is 5.50. The van der Waals surface area contributed by atoms with Crippen molar-refractivity contribution < 1.29 is 0 Å². The SMILES string of the molecule is CCn1ncnc1CC(CBr)(CBr)C(C)C. The smallest absolute Gasteiger partial charge is 0.138 e. The average molecular weight is 353 g/mol. The van der Waals surface area contributed by atoms with E-state index in [9.17, 15) is 0 Å². The van der Waals surface area contributed by atoms with Crippen LogP contribution < -0.4 is 0 Å². The van der Waals surface area contributed by atoms with Crippen molar-refractivity contribution in [3.05, 3.63) is 12.2 Å². The van der Waals surface area contributed by atoms with Gasteiger partial charge in [0.2, 0.25) is 0 Å². The van der Waals surface area contributed by atoms with Crippen LogP contribution in [0.5, 0.6) is 0 Å². The first-order chi connectivity index (χ1) is 7.59. The van der Waals surface area contributed by atoms with Crippen molar-refractivity contribution >= 4 is 31.9 Å². The Balaban J connectivity index is 2.91. The van der Waals surface area contributed by atoms with Gasteiger partial charge in [-0.25, -0.2) is 4.98 Å². The molecule has 0 saturated heterocycles. The molecule has 0 atom stereocenters. The predicted molar refractivity (Wildman–Crippen MR) is 74.3 cm³/mol. The fourth-order valence-corrected chi connectivity index (χ4v) is 4.27. The quantitative estimate of drug-likeness (QED) is 0.735. The van der Waals surface area contributed by atoms with Gasteiger partial charge >= 0.3 is 0 Å². The van der Waals surface area contributed by atoms with Gasteiger partial charge in [-0.15, -0.1) is 0 Å². The maximum atomic E-state index is 4.36. The summed E-state index contributed by atoms with van der Waals surface area (Å²) in [6.45, 7) is 7.50.